The monoisotopic (exact) mass is 390 g/mol. The smallest absolute Gasteiger partial charge is 0.139 e. The lowest BCUT2D eigenvalue weighted by atomic mass is 9.84. The number of benzene rings is 1. The predicted molar refractivity (Wildman–Crippen MR) is 92.9 cm³/mol. The summed E-state index contributed by atoms with van der Waals surface area (Å²) in [4.78, 5) is 0.280. The third kappa shape index (κ3) is 3.38. The minimum absolute atomic E-state index is 0.280. The van der Waals surface area contributed by atoms with Gasteiger partial charge in [0.15, 0.2) is 0 Å². The van der Waals surface area contributed by atoms with Crippen LogP contribution >= 0.6 is 39.1 Å². The Labute approximate surface area is 145 Å². The standard InChI is InChI=1S/C17H21BrCl2O/c1-2-21-17-9-15(19)13(8-16(17)20)14(18)7-12-6-10-3-4-11(12)5-10/h8-12,14H,2-7H2,1H3. The largest absolute Gasteiger partial charge is 0.492 e. The molecule has 1 nitrogen and oxygen atoms in total. The first-order chi connectivity index (χ1) is 10.1. The average Bonchev–Trinajstić information content (AvgIpc) is 3.05. The molecule has 0 spiro atoms. The topological polar surface area (TPSA) is 9.23 Å². The van der Waals surface area contributed by atoms with Crippen LogP contribution in [0.1, 0.15) is 49.4 Å². The van der Waals surface area contributed by atoms with Crippen molar-refractivity contribution in [2.45, 2.75) is 43.9 Å². The van der Waals surface area contributed by atoms with Gasteiger partial charge >= 0.3 is 0 Å². The summed E-state index contributed by atoms with van der Waals surface area (Å²) in [5.74, 6) is 3.44. The van der Waals surface area contributed by atoms with Gasteiger partial charge in [0.05, 0.1) is 11.6 Å². The van der Waals surface area contributed by atoms with E-state index in [1.54, 1.807) is 0 Å². The minimum atomic E-state index is 0.280. The highest BCUT2D eigenvalue weighted by Gasteiger charge is 2.40. The van der Waals surface area contributed by atoms with Crippen molar-refractivity contribution in [3.8, 4) is 5.75 Å². The van der Waals surface area contributed by atoms with E-state index in [0.29, 0.717) is 17.4 Å². The Morgan fingerprint density at radius 3 is 2.67 bits per heavy atom. The van der Waals surface area contributed by atoms with Gasteiger partial charge in [0.1, 0.15) is 5.75 Å². The molecule has 116 valence electrons. The summed E-state index contributed by atoms with van der Waals surface area (Å²) in [6.07, 6.45) is 6.87. The summed E-state index contributed by atoms with van der Waals surface area (Å²) >= 11 is 16.6. The molecule has 0 saturated heterocycles. The van der Waals surface area contributed by atoms with Gasteiger partial charge < -0.3 is 4.74 Å². The zero-order valence-electron chi connectivity index (χ0n) is 12.2. The van der Waals surface area contributed by atoms with Crippen molar-refractivity contribution in [3.63, 3.8) is 0 Å². The number of ether oxygens (including phenoxy) is 1. The van der Waals surface area contributed by atoms with Gasteiger partial charge in [-0.05, 0) is 62.0 Å². The zero-order valence-corrected chi connectivity index (χ0v) is 15.3. The van der Waals surface area contributed by atoms with Gasteiger partial charge in [0.25, 0.3) is 0 Å². The van der Waals surface area contributed by atoms with Crippen LogP contribution in [0, 0.1) is 17.8 Å². The molecule has 0 aromatic heterocycles. The number of hydrogen-bond donors (Lipinski definition) is 0. The molecule has 0 radical (unpaired) electrons. The Balaban J connectivity index is 1.72. The molecule has 3 rings (SSSR count). The van der Waals surface area contributed by atoms with E-state index in [1.807, 2.05) is 19.1 Å². The fourth-order valence-electron chi connectivity index (χ4n) is 4.11. The molecule has 2 saturated carbocycles. The number of halogens is 3. The van der Waals surface area contributed by atoms with E-state index in [4.69, 9.17) is 27.9 Å². The molecular weight excluding hydrogens is 371 g/mol. The fourth-order valence-corrected chi connectivity index (χ4v) is 5.61. The quantitative estimate of drug-likeness (QED) is 0.510. The second-order valence-corrected chi connectivity index (χ2v) is 8.30. The molecule has 2 aliphatic carbocycles. The second kappa shape index (κ2) is 6.68. The maximum absolute atomic E-state index is 6.43. The van der Waals surface area contributed by atoms with Crippen LogP contribution in [0.4, 0.5) is 0 Å². The van der Waals surface area contributed by atoms with Gasteiger partial charge in [0.2, 0.25) is 0 Å². The molecule has 0 N–H and O–H groups in total. The Kier molecular flexibility index (Phi) is 5.08. The van der Waals surface area contributed by atoms with Crippen molar-refractivity contribution in [3.05, 3.63) is 27.7 Å². The highest BCUT2D eigenvalue weighted by molar-refractivity contribution is 9.09. The van der Waals surface area contributed by atoms with Crippen LogP contribution in [-0.2, 0) is 0 Å². The molecule has 1 aromatic carbocycles. The average molecular weight is 392 g/mol. The number of alkyl halides is 1. The maximum Gasteiger partial charge on any atom is 0.139 e. The van der Waals surface area contributed by atoms with E-state index in [2.05, 4.69) is 15.9 Å². The summed E-state index contributed by atoms with van der Waals surface area (Å²) in [5, 5.41) is 1.39. The fraction of sp³-hybridized carbons (Fsp3) is 0.647. The van der Waals surface area contributed by atoms with E-state index in [0.717, 1.165) is 34.8 Å². The third-order valence-corrected chi connectivity index (χ3v) is 6.57. The Morgan fingerprint density at radius 1 is 1.24 bits per heavy atom. The Bertz CT molecular complexity index is 520. The summed E-state index contributed by atoms with van der Waals surface area (Å²) in [5.41, 5.74) is 1.09. The van der Waals surface area contributed by atoms with Crippen LogP contribution in [0.15, 0.2) is 12.1 Å². The van der Waals surface area contributed by atoms with Gasteiger partial charge in [-0.2, -0.15) is 0 Å². The summed E-state index contributed by atoms with van der Waals surface area (Å²) in [6.45, 7) is 2.54. The van der Waals surface area contributed by atoms with Crippen molar-refractivity contribution < 1.29 is 4.74 Å². The molecule has 0 aliphatic heterocycles. The van der Waals surface area contributed by atoms with Crippen molar-refractivity contribution in [1.82, 2.24) is 0 Å². The molecule has 21 heavy (non-hydrogen) atoms. The van der Waals surface area contributed by atoms with Gasteiger partial charge in [-0.1, -0.05) is 45.6 Å². The number of fused-ring (bicyclic) bond motifs is 2. The lowest BCUT2D eigenvalue weighted by molar-refractivity contribution is 0.314. The highest BCUT2D eigenvalue weighted by Crippen LogP contribution is 2.52. The molecular formula is C17H21BrCl2O. The Hall–Kier alpha value is 0.0800. The number of rotatable bonds is 5. The first kappa shape index (κ1) is 16.0. The SMILES string of the molecule is CCOc1cc(Cl)c(C(Br)CC2CC3CCC2C3)cc1Cl. The van der Waals surface area contributed by atoms with Crippen LogP contribution in [0.3, 0.4) is 0 Å². The molecule has 2 aliphatic rings. The molecule has 1 aromatic rings. The van der Waals surface area contributed by atoms with Crippen LogP contribution in [0.5, 0.6) is 5.75 Å². The second-order valence-electron chi connectivity index (χ2n) is 6.38. The van der Waals surface area contributed by atoms with E-state index >= 15 is 0 Å². The molecule has 4 heteroatoms. The molecule has 0 amide bonds. The first-order valence-corrected chi connectivity index (χ1v) is 9.51. The molecule has 4 unspecified atom stereocenters. The molecule has 2 fully saturated rings. The van der Waals surface area contributed by atoms with Gasteiger partial charge in [-0.25, -0.2) is 0 Å². The summed E-state index contributed by atoms with van der Waals surface area (Å²) in [7, 11) is 0. The molecule has 4 atom stereocenters. The van der Waals surface area contributed by atoms with Gasteiger partial charge in [0, 0.05) is 15.9 Å². The summed E-state index contributed by atoms with van der Waals surface area (Å²) < 4.78 is 5.49. The van der Waals surface area contributed by atoms with E-state index < -0.39 is 0 Å². The first-order valence-electron chi connectivity index (χ1n) is 7.84. The van der Waals surface area contributed by atoms with Gasteiger partial charge in [-0.3, -0.25) is 0 Å². The molecule has 2 bridgehead atoms. The number of hydrogen-bond acceptors (Lipinski definition) is 1. The van der Waals surface area contributed by atoms with E-state index in [1.165, 1.54) is 25.7 Å². The lowest BCUT2D eigenvalue weighted by Gasteiger charge is -2.25. The van der Waals surface area contributed by atoms with Crippen LogP contribution in [0.25, 0.3) is 0 Å². The minimum Gasteiger partial charge on any atom is -0.492 e. The van der Waals surface area contributed by atoms with Crippen LogP contribution < -0.4 is 4.74 Å². The van der Waals surface area contributed by atoms with Gasteiger partial charge in [-0.15, -0.1) is 0 Å². The van der Waals surface area contributed by atoms with Crippen molar-refractivity contribution >= 4 is 39.1 Å². The highest BCUT2D eigenvalue weighted by atomic mass is 79.9. The van der Waals surface area contributed by atoms with Crippen LogP contribution in [0.2, 0.25) is 10.0 Å². The predicted octanol–water partition coefficient (Wildman–Crippen LogP) is 6.65. The lowest BCUT2D eigenvalue weighted by Crippen LogP contribution is -2.12. The summed E-state index contributed by atoms with van der Waals surface area (Å²) in [6, 6.07) is 3.80. The van der Waals surface area contributed by atoms with E-state index in [-0.39, 0.29) is 4.83 Å². The normalized spacial score (nSPS) is 28.9. The zero-order chi connectivity index (χ0) is 15.0. The van der Waals surface area contributed by atoms with E-state index in [9.17, 15) is 0 Å². The maximum atomic E-state index is 6.43. The third-order valence-electron chi connectivity index (χ3n) is 5.08. The van der Waals surface area contributed by atoms with Crippen molar-refractivity contribution in [2.75, 3.05) is 6.61 Å². The Morgan fingerprint density at radius 2 is 2.05 bits per heavy atom. The van der Waals surface area contributed by atoms with Crippen molar-refractivity contribution in [2.24, 2.45) is 17.8 Å². The van der Waals surface area contributed by atoms with Crippen molar-refractivity contribution in [1.29, 1.82) is 0 Å². The van der Waals surface area contributed by atoms with Crippen LogP contribution in [-0.4, -0.2) is 6.61 Å². The molecule has 0 heterocycles.